The molecule has 1 amide bonds. The molecular weight excluding hydrogens is 414 g/mol. The van der Waals surface area contributed by atoms with E-state index in [-0.39, 0.29) is 24.1 Å². The predicted molar refractivity (Wildman–Crippen MR) is 126 cm³/mol. The molecule has 0 saturated heterocycles. The Morgan fingerprint density at radius 1 is 1.03 bits per heavy atom. The number of hydrogen-bond acceptors (Lipinski definition) is 4. The van der Waals surface area contributed by atoms with E-state index in [0.29, 0.717) is 11.2 Å². The molecule has 1 unspecified atom stereocenters. The van der Waals surface area contributed by atoms with Crippen LogP contribution in [0, 0.1) is 0 Å². The average Bonchev–Trinajstić information content (AvgIpc) is 3.46. The normalized spacial score (nSPS) is 15.1. The lowest BCUT2D eigenvalue weighted by Gasteiger charge is -2.14. The summed E-state index contributed by atoms with van der Waals surface area (Å²) in [4.78, 5) is 25.8. The summed E-state index contributed by atoms with van der Waals surface area (Å²) < 4.78 is 2.67. The van der Waals surface area contributed by atoms with Crippen molar-refractivity contribution in [3.8, 4) is 11.3 Å². The summed E-state index contributed by atoms with van der Waals surface area (Å²) >= 11 is 0. The molecule has 2 heterocycles. The first-order valence-corrected chi connectivity index (χ1v) is 11.0. The summed E-state index contributed by atoms with van der Waals surface area (Å²) in [5.74, 6) is -0.232. The molecule has 5 aromatic rings. The summed E-state index contributed by atoms with van der Waals surface area (Å²) in [5.41, 5.74) is 4.08. The van der Waals surface area contributed by atoms with Crippen molar-refractivity contribution in [2.45, 2.75) is 25.4 Å². The van der Waals surface area contributed by atoms with E-state index in [4.69, 9.17) is 0 Å². The van der Waals surface area contributed by atoms with Gasteiger partial charge in [0.1, 0.15) is 18.4 Å². The van der Waals surface area contributed by atoms with Gasteiger partial charge < -0.3 is 5.32 Å². The van der Waals surface area contributed by atoms with Gasteiger partial charge in [0.15, 0.2) is 0 Å². The van der Waals surface area contributed by atoms with Gasteiger partial charge in [0.2, 0.25) is 5.91 Å². The highest BCUT2D eigenvalue weighted by molar-refractivity contribution is 5.96. The molecule has 33 heavy (non-hydrogen) atoms. The Morgan fingerprint density at radius 3 is 2.79 bits per heavy atom. The Balaban J connectivity index is 1.29. The number of aryl methyl sites for hydroxylation is 1. The van der Waals surface area contributed by atoms with E-state index >= 15 is 0 Å². The number of amides is 1. The Kier molecular flexibility index (Phi) is 4.54. The van der Waals surface area contributed by atoms with Crippen molar-refractivity contribution in [1.29, 1.82) is 0 Å². The van der Waals surface area contributed by atoms with Crippen LogP contribution in [-0.2, 0) is 17.8 Å². The first-order valence-electron chi connectivity index (χ1n) is 11.0. The first-order chi connectivity index (χ1) is 16.2. The van der Waals surface area contributed by atoms with E-state index in [1.807, 2.05) is 60.7 Å². The SMILES string of the molecule is O=C(Cn1ncn2nc(-c3cccc4ccccc34)cc2c1=O)NC1CCc2ccccc21. The summed E-state index contributed by atoms with van der Waals surface area (Å²) in [6.07, 6.45) is 3.28. The van der Waals surface area contributed by atoms with Gasteiger partial charge in [-0.15, -0.1) is 0 Å². The van der Waals surface area contributed by atoms with Crippen LogP contribution in [0.2, 0.25) is 0 Å². The molecule has 1 N–H and O–H groups in total. The largest absolute Gasteiger partial charge is 0.348 e. The van der Waals surface area contributed by atoms with E-state index in [9.17, 15) is 9.59 Å². The van der Waals surface area contributed by atoms with Crippen LogP contribution in [0.3, 0.4) is 0 Å². The molecule has 7 heteroatoms. The van der Waals surface area contributed by atoms with Gasteiger partial charge in [-0.3, -0.25) is 9.59 Å². The lowest BCUT2D eigenvalue weighted by molar-refractivity contribution is -0.122. The fourth-order valence-corrected chi connectivity index (χ4v) is 4.71. The number of aromatic nitrogens is 4. The molecular formula is C26H21N5O2. The van der Waals surface area contributed by atoms with Crippen LogP contribution in [0.25, 0.3) is 27.5 Å². The van der Waals surface area contributed by atoms with Gasteiger partial charge in [-0.2, -0.15) is 10.2 Å². The molecule has 1 aliphatic carbocycles. The van der Waals surface area contributed by atoms with E-state index < -0.39 is 0 Å². The van der Waals surface area contributed by atoms with Crippen LogP contribution in [0.15, 0.2) is 83.9 Å². The van der Waals surface area contributed by atoms with Gasteiger partial charge in [0.25, 0.3) is 5.56 Å². The molecule has 7 nitrogen and oxygen atoms in total. The Bertz CT molecular complexity index is 1580. The number of nitrogens with one attached hydrogen (secondary N) is 1. The summed E-state index contributed by atoms with van der Waals surface area (Å²) in [7, 11) is 0. The molecule has 1 aliphatic rings. The highest BCUT2D eigenvalue weighted by atomic mass is 16.2. The van der Waals surface area contributed by atoms with Crippen molar-refractivity contribution < 1.29 is 4.79 Å². The summed E-state index contributed by atoms with van der Waals surface area (Å²) in [6, 6.07) is 23.9. The zero-order valence-electron chi connectivity index (χ0n) is 17.8. The van der Waals surface area contributed by atoms with E-state index in [0.717, 1.165) is 34.7 Å². The van der Waals surface area contributed by atoms with Crippen molar-refractivity contribution in [2.24, 2.45) is 0 Å². The summed E-state index contributed by atoms with van der Waals surface area (Å²) in [5, 5.41) is 14.0. The molecule has 0 spiro atoms. The predicted octanol–water partition coefficient (Wildman–Crippen LogP) is 3.51. The third-order valence-corrected chi connectivity index (χ3v) is 6.32. The minimum absolute atomic E-state index is 0.0268. The maximum atomic E-state index is 13.1. The van der Waals surface area contributed by atoms with E-state index in [1.165, 1.54) is 21.1 Å². The second-order valence-corrected chi connectivity index (χ2v) is 8.34. The molecule has 0 saturated carbocycles. The third-order valence-electron chi connectivity index (χ3n) is 6.32. The van der Waals surface area contributed by atoms with Gasteiger partial charge in [0.05, 0.1) is 11.7 Å². The van der Waals surface area contributed by atoms with Gasteiger partial charge in [0, 0.05) is 5.56 Å². The van der Waals surface area contributed by atoms with Crippen LogP contribution in [0.1, 0.15) is 23.6 Å². The van der Waals surface area contributed by atoms with Gasteiger partial charge in [-0.05, 0) is 40.8 Å². The van der Waals surface area contributed by atoms with Crippen LogP contribution < -0.4 is 10.9 Å². The second kappa shape index (κ2) is 7.70. The molecule has 6 rings (SSSR count). The minimum Gasteiger partial charge on any atom is -0.348 e. The van der Waals surface area contributed by atoms with Crippen molar-refractivity contribution in [3.63, 3.8) is 0 Å². The number of carbonyl (C=O) groups excluding carboxylic acids is 1. The van der Waals surface area contributed by atoms with Gasteiger partial charge in [-0.1, -0.05) is 66.7 Å². The van der Waals surface area contributed by atoms with Crippen molar-refractivity contribution in [1.82, 2.24) is 24.7 Å². The first kappa shape index (κ1) is 19.4. The number of fused-ring (bicyclic) bond motifs is 3. The molecule has 0 fully saturated rings. The average molecular weight is 435 g/mol. The zero-order valence-corrected chi connectivity index (χ0v) is 17.8. The zero-order chi connectivity index (χ0) is 22.4. The molecule has 1 atom stereocenters. The lowest BCUT2D eigenvalue weighted by Crippen LogP contribution is -2.35. The van der Waals surface area contributed by atoms with Gasteiger partial charge >= 0.3 is 0 Å². The lowest BCUT2D eigenvalue weighted by atomic mass is 10.0. The maximum absolute atomic E-state index is 13.1. The standard InChI is InChI=1S/C26H21N5O2/c32-25(28-22-13-12-18-7-2-4-10-20(18)22)15-30-26(33)24-14-23(29-31(24)16-27-30)21-11-5-8-17-6-1-3-9-19(17)21/h1-11,14,16,22H,12-13,15H2,(H,28,32). The van der Waals surface area contributed by atoms with Crippen molar-refractivity contribution in [2.75, 3.05) is 0 Å². The molecule has 2 aromatic heterocycles. The fourth-order valence-electron chi connectivity index (χ4n) is 4.71. The minimum atomic E-state index is -0.349. The molecule has 0 aliphatic heterocycles. The number of benzene rings is 3. The number of nitrogens with zero attached hydrogens (tertiary/aromatic N) is 4. The number of hydrogen-bond donors (Lipinski definition) is 1. The third kappa shape index (κ3) is 3.38. The highest BCUT2D eigenvalue weighted by Gasteiger charge is 2.23. The van der Waals surface area contributed by atoms with Crippen LogP contribution in [-0.4, -0.2) is 25.3 Å². The monoisotopic (exact) mass is 435 g/mol. The molecule has 3 aromatic carbocycles. The van der Waals surface area contributed by atoms with Crippen LogP contribution >= 0.6 is 0 Å². The highest BCUT2D eigenvalue weighted by Crippen LogP contribution is 2.30. The summed E-state index contributed by atoms with van der Waals surface area (Å²) in [6.45, 7) is -0.136. The smallest absolute Gasteiger partial charge is 0.293 e. The van der Waals surface area contributed by atoms with Crippen LogP contribution in [0.4, 0.5) is 0 Å². The Labute approximate surface area is 189 Å². The molecule has 0 bridgehead atoms. The number of carbonyl (C=O) groups is 1. The van der Waals surface area contributed by atoms with E-state index in [1.54, 1.807) is 6.07 Å². The Hall–Kier alpha value is -4.26. The second-order valence-electron chi connectivity index (χ2n) is 8.34. The number of rotatable bonds is 4. The quantitative estimate of drug-likeness (QED) is 0.468. The van der Waals surface area contributed by atoms with Crippen molar-refractivity contribution in [3.05, 3.63) is 101 Å². The molecule has 162 valence electrons. The van der Waals surface area contributed by atoms with Crippen LogP contribution in [0.5, 0.6) is 0 Å². The topological polar surface area (TPSA) is 81.3 Å². The maximum Gasteiger partial charge on any atom is 0.293 e. The fraction of sp³-hybridized carbons (Fsp3) is 0.154. The Morgan fingerprint density at radius 2 is 1.85 bits per heavy atom. The molecule has 0 radical (unpaired) electrons. The van der Waals surface area contributed by atoms with Crippen molar-refractivity contribution >= 4 is 22.2 Å². The van der Waals surface area contributed by atoms with Gasteiger partial charge in [-0.25, -0.2) is 9.20 Å². The van der Waals surface area contributed by atoms with E-state index in [2.05, 4.69) is 21.6 Å².